The molecule has 0 radical (unpaired) electrons. The summed E-state index contributed by atoms with van der Waals surface area (Å²) in [6.45, 7) is 1.92. The summed E-state index contributed by atoms with van der Waals surface area (Å²) in [7, 11) is 0. The number of aryl methyl sites for hydroxylation is 1. The van der Waals surface area contributed by atoms with Crippen molar-refractivity contribution in [1.82, 2.24) is 9.55 Å². The normalized spacial score (nSPS) is 11.9. The van der Waals surface area contributed by atoms with Gasteiger partial charge < -0.3 is 14.6 Å². The number of aliphatic hydroxyl groups excluding tert-OH is 1. The molecule has 1 aromatic heterocycles. The monoisotopic (exact) mass is 402 g/mol. The van der Waals surface area contributed by atoms with Gasteiger partial charge in [0.25, 0.3) is 5.56 Å². The lowest BCUT2D eigenvalue weighted by Gasteiger charge is -2.16. The van der Waals surface area contributed by atoms with E-state index >= 15 is 0 Å². The van der Waals surface area contributed by atoms with E-state index in [0.717, 1.165) is 5.75 Å². The van der Waals surface area contributed by atoms with Gasteiger partial charge in [-0.25, -0.2) is 4.98 Å². The van der Waals surface area contributed by atoms with Crippen LogP contribution in [0.2, 0.25) is 0 Å². The van der Waals surface area contributed by atoms with Gasteiger partial charge in [-0.3, -0.25) is 9.36 Å². The molecule has 0 aliphatic rings. The zero-order chi connectivity index (χ0) is 20.9. The Labute approximate surface area is 174 Å². The minimum absolute atomic E-state index is 0.0532. The first kappa shape index (κ1) is 19.7. The summed E-state index contributed by atoms with van der Waals surface area (Å²) in [6.07, 6.45) is -0.857. The first-order chi connectivity index (χ1) is 14.6. The molecule has 0 bridgehead atoms. The highest BCUT2D eigenvalue weighted by molar-refractivity contribution is 5.77. The first-order valence-corrected chi connectivity index (χ1v) is 9.70. The first-order valence-electron chi connectivity index (χ1n) is 9.70. The number of aliphatic hydroxyl groups is 1. The van der Waals surface area contributed by atoms with Crippen LogP contribution in [0.1, 0.15) is 5.82 Å². The van der Waals surface area contributed by atoms with Crippen molar-refractivity contribution in [2.75, 3.05) is 6.61 Å². The van der Waals surface area contributed by atoms with Gasteiger partial charge in [-0.1, -0.05) is 30.3 Å². The second kappa shape index (κ2) is 8.80. The van der Waals surface area contributed by atoms with Gasteiger partial charge in [-0.05, 0) is 55.5 Å². The van der Waals surface area contributed by atoms with Crippen molar-refractivity contribution < 1.29 is 14.6 Å². The van der Waals surface area contributed by atoms with Crippen molar-refractivity contribution in [2.24, 2.45) is 0 Å². The van der Waals surface area contributed by atoms with E-state index in [1.807, 2.05) is 36.4 Å². The average molecular weight is 402 g/mol. The molecule has 1 N–H and O–H groups in total. The van der Waals surface area contributed by atoms with Crippen LogP contribution < -0.4 is 15.0 Å². The number of aromatic nitrogens is 2. The van der Waals surface area contributed by atoms with E-state index in [2.05, 4.69) is 4.98 Å². The standard InChI is InChI=1S/C24H22N2O4/c1-17-25-23-10-6-5-9-22(23)24(28)26(17)15-18(27)16-29-19-11-13-21(14-12-19)30-20-7-3-2-4-8-20/h2-14,18,27H,15-16H2,1H3. The minimum Gasteiger partial charge on any atom is -0.491 e. The average Bonchev–Trinajstić information content (AvgIpc) is 2.77. The molecule has 4 aromatic rings. The van der Waals surface area contributed by atoms with Gasteiger partial charge in [0.2, 0.25) is 0 Å². The number of ether oxygens (including phenoxy) is 2. The van der Waals surface area contributed by atoms with Gasteiger partial charge >= 0.3 is 0 Å². The molecule has 0 saturated carbocycles. The third-order valence-corrected chi connectivity index (χ3v) is 4.69. The molecule has 0 spiro atoms. The number of benzene rings is 3. The molecule has 6 heteroatoms. The molecule has 0 aliphatic carbocycles. The summed E-state index contributed by atoms with van der Waals surface area (Å²) in [5.41, 5.74) is 0.486. The number of para-hydroxylation sites is 2. The Balaban J connectivity index is 1.38. The van der Waals surface area contributed by atoms with Crippen molar-refractivity contribution in [3.63, 3.8) is 0 Å². The summed E-state index contributed by atoms with van der Waals surface area (Å²) < 4.78 is 12.9. The molecule has 0 fully saturated rings. The fourth-order valence-electron chi connectivity index (χ4n) is 3.18. The number of hydrogen-bond donors (Lipinski definition) is 1. The Hall–Kier alpha value is -3.64. The smallest absolute Gasteiger partial charge is 0.261 e. The SMILES string of the molecule is Cc1nc2ccccc2c(=O)n1CC(O)COc1ccc(Oc2ccccc2)cc1. The molecule has 152 valence electrons. The summed E-state index contributed by atoms with van der Waals surface area (Å²) in [5.74, 6) is 2.61. The molecular weight excluding hydrogens is 380 g/mol. The molecule has 4 rings (SSSR count). The fourth-order valence-corrected chi connectivity index (χ4v) is 3.18. The van der Waals surface area contributed by atoms with Crippen LogP contribution in [0, 0.1) is 6.92 Å². The highest BCUT2D eigenvalue weighted by Crippen LogP contribution is 2.23. The van der Waals surface area contributed by atoms with Gasteiger partial charge in [-0.15, -0.1) is 0 Å². The van der Waals surface area contributed by atoms with Crippen LogP contribution in [0.3, 0.4) is 0 Å². The maximum Gasteiger partial charge on any atom is 0.261 e. The van der Waals surface area contributed by atoms with Crippen molar-refractivity contribution in [3.8, 4) is 17.2 Å². The number of nitrogens with zero attached hydrogens (tertiary/aromatic N) is 2. The Kier molecular flexibility index (Phi) is 5.77. The number of rotatable bonds is 7. The van der Waals surface area contributed by atoms with E-state index < -0.39 is 6.10 Å². The Morgan fingerprint density at radius 2 is 1.53 bits per heavy atom. The van der Waals surface area contributed by atoms with Crippen LogP contribution in [0.5, 0.6) is 17.2 Å². The maximum atomic E-state index is 12.7. The van der Waals surface area contributed by atoms with E-state index in [0.29, 0.717) is 28.2 Å². The summed E-state index contributed by atoms with van der Waals surface area (Å²) >= 11 is 0. The predicted octanol–water partition coefficient (Wildman–Crippen LogP) is 3.94. The maximum absolute atomic E-state index is 12.7. The van der Waals surface area contributed by atoms with Crippen molar-refractivity contribution in [3.05, 3.63) is 95.0 Å². The van der Waals surface area contributed by atoms with E-state index in [1.54, 1.807) is 49.4 Å². The van der Waals surface area contributed by atoms with Crippen LogP contribution in [0.25, 0.3) is 10.9 Å². The second-order valence-electron chi connectivity index (χ2n) is 6.94. The molecule has 6 nitrogen and oxygen atoms in total. The van der Waals surface area contributed by atoms with Crippen LogP contribution >= 0.6 is 0 Å². The van der Waals surface area contributed by atoms with Gasteiger partial charge in [0.15, 0.2) is 0 Å². The highest BCUT2D eigenvalue weighted by Gasteiger charge is 2.13. The molecular formula is C24H22N2O4. The molecule has 0 amide bonds. The zero-order valence-corrected chi connectivity index (χ0v) is 16.6. The van der Waals surface area contributed by atoms with E-state index in [-0.39, 0.29) is 18.7 Å². The molecule has 1 heterocycles. The van der Waals surface area contributed by atoms with Gasteiger partial charge in [0.1, 0.15) is 35.8 Å². The summed E-state index contributed by atoms with van der Waals surface area (Å²) in [4.78, 5) is 17.2. The second-order valence-corrected chi connectivity index (χ2v) is 6.94. The zero-order valence-electron chi connectivity index (χ0n) is 16.6. The molecule has 30 heavy (non-hydrogen) atoms. The van der Waals surface area contributed by atoms with Crippen LogP contribution in [-0.4, -0.2) is 27.4 Å². The number of fused-ring (bicyclic) bond motifs is 1. The van der Waals surface area contributed by atoms with Crippen LogP contribution in [0.4, 0.5) is 0 Å². The molecule has 1 unspecified atom stereocenters. The van der Waals surface area contributed by atoms with Gasteiger partial charge in [-0.2, -0.15) is 0 Å². The number of hydrogen-bond acceptors (Lipinski definition) is 5. The Bertz CT molecular complexity index is 1190. The molecule has 0 aliphatic heterocycles. The van der Waals surface area contributed by atoms with Crippen molar-refractivity contribution in [1.29, 1.82) is 0 Å². The van der Waals surface area contributed by atoms with Crippen molar-refractivity contribution >= 4 is 10.9 Å². The largest absolute Gasteiger partial charge is 0.491 e. The minimum atomic E-state index is -0.857. The van der Waals surface area contributed by atoms with E-state index in [1.165, 1.54) is 4.57 Å². The molecule has 3 aromatic carbocycles. The summed E-state index contributed by atoms with van der Waals surface area (Å²) in [6, 6.07) is 23.9. The third-order valence-electron chi connectivity index (χ3n) is 4.69. The van der Waals surface area contributed by atoms with Crippen LogP contribution in [-0.2, 0) is 6.54 Å². The Morgan fingerprint density at radius 3 is 2.30 bits per heavy atom. The molecule has 0 saturated heterocycles. The lowest BCUT2D eigenvalue weighted by molar-refractivity contribution is 0.0909. The quantitative estimate of drug-likeness (QED) is 0.507. The van der Waals surface area contributed by atoms with Crippen LogP contribution in [0.15, 0.2) is 83.7 Å². The summed E-state index contributed by atoms with van der Waals surface area (Å²) in [5, 5.41) is 10.9. The van der Waals surface area contributed by atoms with Gasteiger partial charge in [0.05, 0.1) is 17.4 Å². The highest BCUT2D eigenvalue weighted by atomic mass is 16.5. The lowest BCUT2D eigenvalue weighted by atomic mass is 10.2. The Morgan fingerprint density at radius 1 is 0.900 bits per heavy atom. The van der Waals surface area contributed by atoms with E-state index in [9.17, 15) is 9.90 Å². The van der Waals surface area contributed by atoms with E-state index in [4.69, 9.17) is 9.47 Å². The predicted molar refractivity (Wildman–Crippen MR) is 115 cm³/mol. The molecule has 1 atom stereocenters. The third kappa shape index (κ3) is 4.50. The fraction of sp³-hybridized carbons (Fsp3) is 0.167. The van der Waals surface area contributed by atoms with Crippen molar-refractivity contribution in [2.45, 2.75) is 19.6 Å². The van der Waals surface area contributed by atoms with Gasteiger partial charge in [0, 0.05) is 0 Å². The topological polar surface area (TPSA) is 73.6 Å². The lowest BCUT2D eigenvalue weighted by Crippen LogP contribution is -2.32.